The fourth-order valence-electron chi connectivity index (χ4n) is 1.98. The highest BCUT2D eigenvalue weighted by Gasteiger charge is 2.14. The fraction of sp³-hybridized carbons (Fsp3) is 0.125. The summed E-state index contributed by atoms with van der Waals surface area (Å²) in [7, 11) is 2.89. The maximum Gasteiger partial charge on any atom is 0.337 e. The molecule has 0 heterocycles. The summed E-state index contributed by atoms with van der Waals surface area (Å²) in [6.45, 7) is 0. The minimum atomic E-state index is -0.439. The molecule has 0 unspecified atom stereocenters. The van der Waals surface area contributed by atoms with Gasteiger partial charge in [0.1, 0.15) is 5.75 Å². The summed E-state index contributed by atoms with van der Waals surface area (Å²) in [4.78, 5) is 11.6. The Kier molecular flexibility index (Phi) is 4.02. The van der Waals surface area contributed by atoms with E-state index in [0.717, 1.165) is 5.56 Å². The van der Waals surface area contributed by atoms with Crippen molar-refractivity contribution in [3.63, 3.8) is 0 Å². The van der Waals surface area contributed by atoms with Crippen molar-refractivity contribution < 1.29 is 14.3 Å². The summed E-state index contributed by atoms with van der Waals surface area (Å²) in [5, 5.41) is 9.22. The number of nitrogens with zero attached hydrogens (tertiary/aromatic N) is 1. The highest BCUT2D eigenvalue weighted by molar-refractivity contribution is 5.92. The van der Waals surface area contributed by atoms with Crippen molar-refractivity contribution in [2.45, 2.75) is 0 Å². The maximum atomic E-state index is 11.6. The second kappa shape index (κ2) is 5.89. The van der Waals surface area contributed by atoms with Crippen LogP contribution in [0.5, 0.6) is 5.75 Å². The van der Waals surface area contributed by atoms with E-state index in [4.69, 9.17) is 9.47 Å². The number of methoxy groups -OCH3 is 2. The Morgan fingerprint density at radius 3 is 2.50 bits per heavy atom. The SMILES string of the molecule is COC(=O)c1ccc(C#N)c(-c2ccccc2OC)c1. The lowest BCUT2D eigenvalue weighted by Gasteiger charge is -2.11. The van der Waals surface area contributed by atoms with Crippen molar-refractivity contribution in [1.82, 2.24) is 0 Å². The molecule has 0 spiro atoms. The Labute approximate surface area is 117 Å². The third kappa shape index (κ3) is 2.47. The summed E-state index contributed by atoms with van der Waals surface area (Å²) in [5.74, 6) is 0.205. The number of nitriles is 1. The van der Waals surface area contributed by atoms with E-state index in [-0.39, 0.29) is 0 Å². The Bertz CT molecular complexity index is 686. The van der Waals surface area contributed by atoms with Crippen molar-refractivity contribution in [2.24, 2.45) is 0 Å². The number of hydrogen-bond acceptors (Lipinski definition) is 4. The molecule has 0 aromatic heterocycles. The van der Waals surface area contributed by atoms with Crippen LogP contribution >= 0.6 is 0 Å². The number of rotatable bonds is 3. The van der Waals surface area contributed by atoms with Gasteiger partial charge in [-0.3, -0.25) is 0 Å². The first-order valence-electron chi connectivity index (χ1n) is 5.97. The molecule has 0 fully saturated rings. The van der Waals surface area contributed by atoms with Gasteiger partial charge in [-0.05, 0) is 24.3 Å². The molecule has 4 nitrogen and oxygen atoms in total. The van der Waals surface area contributed by atoms with E-state index in [1.54, 1.807) is 31.4 Å². The first kappa shape index (κ1) is 13.6. The van der Waals surface area contributed by atoms with E-state index in [2.05, 4.69) is 6.07 Å². The van der Waals surface area contributed by atoms with Gasteiger partial charge < -0.3 is 9.47 Å². The quantitative estimate of drug-likeness (QED) is 0.802. The van der Waals surface area contributed by atoms with Gasteiger partial charge in [-0.25, -0.2) is 4.79 Å². The largest absolute Gasteiger partial charge is 0.496 e. The van der Waals surface area contributed by atoms with Gasteiger partial charge in [-0.1, -0.05) is 18.2 Å². The number of esters is 1. The standard InChI is InChI=1S/C16H13NO3/c1-19-15-6-4-3-5-13(15)14-9-11(16(18)20-2)7-8-12(14)10-17/h3-9H,1-2H3. The topological polar surface area (TPSA) is 59.3 Å². The second-order valence-electron chi connectivity index (χ2n) is 4.06. The lowest BCUT2D eigenvalue weighted by atomic mass is 9.97. The molecule has 100 valence electrons. The molecule has 0 amide bonds. The molecule has 2 aromatic carbocycles. The Balaban J connectivity index is 2.65. The van der Waals surface area contributed by atoms with Crippen LogP contribution in [0.4, 0.5) is 0 Å². The van der Waals surface area contributed by atoms with E-state index in [0.29, 0.717) is 22.4 Å². The second-order valence-corrected chi connectivity index (χ2v) is 4.06. The third-order valence-electron chi connectivity index (χ3n) is 2.96. The highest BCUT2D eigenvalue weighted by Crippen LogP contribution is 2.32. The van der Waals surface area contributed by atoms with Crippen molar-refractivity contribution >= 4 is 5.97 Å². The van der Waals surface area contributed by atoms with E-state index in [1.165, 1.54) is 7.11 Å². The number of hydrogen-bond donors (Lipinski definition) is 0. The molecule has 0 atom stereocenters. The monoisotopic (exact) mass is 267 g/mol. The Morgan fingerprint density at radius 1 is 1.10 bits per heavy atom. The fourth-order valence-corrected chi connectivity index (χ4v) is 1.98. The van der Waals surface area contributed by atoms with Crippen molar-refractivity contribution in [2.75, 3.05) is 14.2 Å². The van der Waals surface area contributed by atoms with Crippen molar-refractivity contribution in [1.29, 1.82) is 5.26 Å². The molecule has 2 aromatic rings. The van der Waals surface area contributed by atoms with Gasteiger partial charge in [0.25, 0.3) is 0 Å². The van der Waals surface area contributed by atoms with Gasteiger partial charge in [0, 0.05) is 11.1 Å². The number of carbonyl (C=O) groups excluding carboxylic acids is 1. The van der Waals surface area contributed by atoms with Crippen molar-refractivity contribution in [3.8, 4) is 22.9 Å². The maximum absolute atomic E-state index is 11.6. The number of benzene rings is 2. The molecule has 0 aliphatic heterocycles. The van der Waals surface area contributed by atoms with E-state index in [9.17, 15) is 10.1 Å². The van der Waals surface area contributed by atoms with Gasteiger partial charge >= 0.3 is 5.97 Å². The van der Waals surface area contributed by atoms with Gasteiger partial charge in [0.2, 0.25) is 0 Å². The van der Waals surface area contributed by atoms with Crippen LogP contribution in [0, 0.1) is 11.3 Å². The summed E-state index contributed by atoms with van der Waals surface area (Å²) in [5.41, 5.74) is 2.28. The van der Waals surface area contributed by atoms with Crippen LogP contribution < -0.4 is 4.74 Å². The molecule has 20 heavy (non-hydrogen) atoms. The van der Waals surface area contributed by atoms with Crippen LogP contribution in [0.25, 0.3) is 11.1 Å². The van der Waals surface area contributed by atoms with E-state index in [1.807, 2.05) is 18.2 Å². The predicted molar refractivity (Wildman–Crippen MR) is 74.5 cm³/mol. The van der Waals surface area contributed by atoms with E-state index >= 15 is 0 Å². The van der Waals surface area contributed by atoms with Crippen LogP contribution in [0.15, 0.2) is 42.5 Å². The molecule has 0 aliphatic rings. The molecular weight excluding hydrogens is 254 g/mol. The summed E-state index contributed by atoms with van der Waals surface area (Å²) >= 11 is 0. The molecule has 0 saturated heterocycles. The van der Waals surface area contributed by atoms with Gasteiger partial charge in [-0.2, -0.15) is 5.26 Å². The molecule has 0 saturated carbocycles. The Hall–Kier alpha value is -2.80. The van der Waals surface area contributed by atoms with Crippen molar-refractivity contribution in [3.05, 3.63) is 53.6 Å². The van der Waals surface area contributed by atoms with Gasteiger partial charge in [0.15, 0.2) is 0 Å². The zero-order chi connectivity index (χ0) is 14.5. The average Bonchev–Trinajstić information content (AvgIpc) is 2.53. The van der Waals surface area contributed by atoms with Gasteiger partial charge in [-0.15, -0.1) is 0 Å². The summed E-state index contributed by atoms with van der Waals surface area (Å²) < 4.78 is 10.0. The third-order valence-corrected chi connectivity index (χ3v) is 2.96. The molecule has 0 radical (unpaired) electrons. The van der Waals surface area contributed by atoms with Crippen LogP contribution in [0.1, 0.15) is 15.9 Å². The number of para-hydroxylation sites is 1. The van der Waals surface area contributed by atoms with Crippen LogP contribution in [-0.2, 0) is 4.74 Å². The number of ether oxygens (including phenoxy) is 2. The molecule has 0 N–H and O–H groups in total. The molecule has 0 bridgehead atoms. The molecular formula is C16H13NO3. The van der Waals surface area contributed by atoms with Crippen LogP contribution in [-0.4, -0.2) is 20.2 Å². The van der Waals surface area contributed by atoms with Gasteiger partial charge in [0.05, 0.1) is 31.4 Å². The normalized spacial score (nSPS) is 9.65. The predicted octanol–water partition coefficient (Wildman–Crippen LogP) is 3.02. The average molecular weight is 267 g/mol. The first-order chi connectivity index (χ1) is 9.71. The van der Waals surface area contributed by atoms with E-state index < -0.39 is 5.97 Å². The zero-order valence-corrected chi connectivity index (χ0v) is 11.2. The lowest BCUT2D eigenvalue weighted by Crippen LogP contribution is -2.02. The van der Waals surface area contributed by atoms with Crippen LogP contribution in [0.3, 0.4) is 0 Å². The minimum Gasteiger partial charge on any atom is -0.496 e. The first-order valence-corrected chi connectivity index (χ1v) is 5.97. The molecule has 4 heteroatoms. The Morgan fingerprint density at radius 2 is 1.85 bits per heavy atom. The molecule has 2 rings (SSSR count). The van der Waals surface area contributed by atoms with Crippen LogP contribution in [0.2, 0.25) is 0 Å². The smallest absolute Gasteiger partial charge is 0.337 e. The highest BCUT2D eigenvalue weighted by atomic mass is 16.5. The molecule has 0 aliphatic carbocycles. The minimum absolute atomic E-state index is 0.396. The summed E-state index contributed by atoms with van der Waals surface area (Å²) in [6.07, 6.45) is 0. The number of carbonyl (C=O) groups is 1. The zero-order valence-electron chi connectivity index (χ0n) is 11.2. The summed E-state index contributed by atoms with van der Waals surface area (Å²) in [6, 6.07) is 14.3. The lowest BCUT2D eigenvalue weighted by molar-refractivity contribution is 0.0601.